The number of carbonyl (C=O) groups is 1. The fourth-order valence-electron chi connectivity index (χ4n) is 3.71. The molecule has 2 aromatic carbocycles. The fraction of sp³-hybridized carbons (Fsp3) is 0.409. The monoisotopic (exact) mass is 365 g/mol. The molecule has 1 unspecified atom stereocenters. The summed E-state index contributed by atoms with van der Waals surface area (Å²) in [6, 6.07) is 17.4. The van der Waals surface area contributed by atoms with Crippen LogP contribution < -0.4 is 10.1 Å². The second-order valence-electron chi connectivity index (χ2n) is 7.10. The Bertz CT molecular complexity index is 769. The van der Waals surface area contributed by atoms with Gasteiger partial charge in [0.05, 0.1) is 6.54 Å². The molecule has 2 saturated heterocycles. The maximum Gasteiger partial charge on any atom is 0.407 e. The number of rotatable bonds is 7. The maximum atomic E-state index is 11.3. The summed E-state index contributed by atoms with van der Waals surface area (Å²) in [7, 11) is 0. The van der Waals surface area contributed by atoms with Crippen molar-refractivity contribution >= 4 is 6.09 Å². The van der Waals surface area contributed by atoms with Gasteiger partial charge in [0.2, 0.25) is 0 Å². The predicted molar refractivity (Wildman–Crippen MR) is 103 cm³/mol. The van der Waals surface area contributed by atoms with Gasteiger partial charge in [-0.25, -0.2) is 4.79 Å². The molecule has 5 heteroatoms. The van der Waals surface area contributed by atoms with Crippen LogP contribution in [0.4, 0.5) is 4.79 Å². The molecule has 2 aliphatic rings. The first-order chi connectivity index (χ1) is 13.3. The highest BCUT2D eigenvalue weighted by atomic mass is 16.6. The van der Waals surface area contributed by atoms with E-state index >= 15 is 0 Å². The molecule has 0 aromatic heterocycles. The molecule has 0 saturated carbocycles. The summed E-state index contributed by atoms with van der Waals surface area (Å²) in [5.74, 6) is 0.907. The molecular formula is C22H25N2O3. The fourth-order valence-corrected chi connectivity index (χ4v) is 3.71. The van der Waals surface area contributed by atoms with E-state index in [1.165, 1.54) is 31.5 Å². The Morgan fingerprint density at radius 1 is 1.19 bits per heavy atom. The number of carbonyl (C=O) groups excluding carboxylic acids is 1. The minimum atomic E-state index is -0.356. The molecule has 0 spiro atoms. The molecule has 2 aliphatic heterocycles. The Hall–Kier alpha value is -2.53. The third kappa shape index (κ3) is 4.61. The van der Waals surface area contributed by atoms with Crippen LogP contribution in [-0.4, -0.2) is 43.8 Å². The summed E-state index contributed by atoms with van der Waals surface area (Å²) in [4.78, 5) is 13.8. The number of ether oxygens (including phenoxy) is 2. The second kappa shape index (κ2) is 8.44. The smallest absolute Gasteiger partial charge is 0.407 e. The van der Waals surface area contributed by atoms with Crippen molar-refractivity contribution in [3.63, 3.8) is 0 Å². The maximum absolute atomic E-state index is 11.3. The van der Waals surface area contributed by atoms with Crippen LogP contribution in [0.3, 0.4) is 0 Å². The van der Waals surface area contributed by atoms with Gasteiger partial charge >= 0.3 is 6.09 Å². The van der Waals surface area contributed by atoms with Crippen molar-refractivity contribution < 1.29 is 14.3 Å². The van der Waals surface area contributed by atoms with E-state index in [0.717, 1.165) is 36.4 Å². The Morgan fingerprint density at radius 3 is 2.74 bits per heavy atom. The van der Waals surface area contributed by atoms with Crippen LogP contribution >= 0.6 is 0 Å². The molecule has 2 heterocycles. The molecule has 27 heavy (non-hydrogen) atoms. The minimum absolute atomic E-state index is 0.238. The number of likely N-dealkylation sites (tertiary alicyclic amines) is 1. The van der Waals surface area contributed by atoms with Crippen molar-refractivity contribution in [2.75, 3.05) is 32.8 Å². The van der Waals surface area contributed by atoms with Gasteiger partial charge in [-0.15, -0.1) is 0 Å². The zero-order chi connectivity index (χ0) is 18.5. The molecule has 2 fully saturated rings. The average molecular weight is 365 g/mol. The van der Waals surface area contributed by atoms with Crippen LogP contribution in [0.2, 0.25) is 0 Å². The minimum Gasteiger partial charge on any atom is -0.492 e. The van der Waals surface area contributed by atoms with Crippen molar-refractivity contribution in [2.45, 2.75) is 25.4 Å². The average Bonchev–Trinajstić information content (AvgIpc) is 3.35. The SMILES string of the molecule is O=C1NCC(c2ccc[c]c2Cc2ccc(OCCN3CCCC3)cc2)O1. The van der Waals surface area contributed by atoms with E-state index in [9.17, 15) is 4.79 Å². The summed E-state index contributed by atoms with van der Waals surface area (Å²) in [6.07, 6.45) is 2.77. The molecule has 2 aromatic rings. The number of benzene rings is 2. The molecule has 0 bridgehead atoms. The molecule has 1 radical (unpaired) electrons. The second-order valence-corrected chi connectivity index (χ2v) is 7.10. The predicted octanol–water partition coefficient (Wildman–Crippen LogP) is 3.33. The van der Waals surface area contributed by atoms with Gasteiger partial charge in [-0.3, -0.25) is 4.90 Å². The van der Waals surface area contributed by atoms with E-state index in [1.807, 2.05) is 30.3 Å². The summed E-state index contributed by atoms with van der Waals surface area (Å²) in [5, 5.41) is 2.71. The summed E-state index contributed by atoms with van der Waals surface area (Å²) >= 11 is 0. The van der Waals surface area contributed by atoms with Crippen LogP contribution in [0.1, 0.15) is 35.6 Å². The first kappa shape index (κ1) is 17.9. The van der Waals surface area contributed by atoms with Gasteiger partial charge in [-0.2, -0.15) is 0 Å². The number of amides is 1. The molecule has 4 rings (SSSR count). The third-order valence-electron chi connectivity index (χ3n) is 5.19. The Morgan fingerprint density at radius 2 is 2.00 bits per heavy atom. The standard InChI is InChI=1S/C22H25N2O3/c25-22-23-16-21(27-22)20-6-2-1-5-18(20)15-17-7-9-19(10-8-17)26-14-13-24-11-3-4-12-24/h1-2,6-10,21H,3-4,11-16H2,(H,23,25). The molecule has 0 aliphatic carbocycles. The number of nitrogens with one attached hydrogen (secondary N) is 1. The first-order valence-electron chi connectivity index (χ1n) is 9.66. The Labute approximate surface area is 160 Å². The molecule has 1 atom stereocenters. The van der Waals surface area contributed by atoms with Crippen molar-refractivity contribution in [1.29, 1.82) is 0 Å². The lowest BCUT2D eigenvalue weighted by Crippen LogP contribution is -2.25. The summed E-state index contributed by atoms with van der Waals surface area (Å²) < 4.78 is 11.2. The summed E-state index contributed by atoms with van der Waals surface area (Å²) in [5.41, 5.74) is 3.26. The van der Waals surface area contributed by atoms with Crippen LogP contribution in [-0.2, 0) is 11.2 Å². The number of hydrogen-bond donors (Lipinski definition) is 1. The van der Waals surface area contributed by atoms with Crippen molar-refractivity contribution in [3.8, 4) is 5.75 Å². The third-order valence-corrected chi connectivity index (χ3v) is 5.19. The quantitative estimate of drug-likeness (QED) is 0.818. The Balaban J connectivity index is 1.35. The van der Waals surface area contributed by atoms with Gasteiger partial charge in [0.15, 0.2) is 0 Å². The van der Waals surface area contributed by atoms with E-state index in [0.29, 0.717) is 6.54 Å². The van der Waals surface area contributed by atoms with E-state index < -0.39 is 0 Å². The number of hydrogen-bond acceptors (Lipinski definition) is 4. The zero-order valence-electron chi connectivity index (χ0n) is 15.4. The molecule has 5 nitrogen and oxygen atoms in total. The highest BCUT2D eigenvalue weighted by molar-refractivity contribution is 5.69. The topological polar surface area (TPSA) is 50.8 Å². The van der Waals surface area contributed by atoms with Crippen molar-refractivity contribution in [2.24, 2.45) is 0 Å². The number of nitrogens with zero attached hydrogens (tertiary/aromatic N) is 1. The molecule has 1 N–H and O–H groups in total. The van der Waals surface area contributed by atoms with Gasteiger partial charge in [0.1, 0.15) is 18.5 Å². The van der Waals surface area contributed by atoms with Crippen LogP contribution in [0.5, 0.6) is 5.75 Å². The summed E-state index contributed by atoms with van der Waals surface area (Å²) in [6.45, 7) is 4.63. The van der Waals surface area contributed by atoms with Gasteiger partial charge in [0.25, 0.3) is 0 Å². The molecular weight excluding hydrogens is 340 g/mol. The van der Waals surface area contributed by atoms with Crippen molar-refractivity contribution in [3.05, 3.63) is 65.2 Å². The van der Waals surface area contributed by atoms with E-state index in [4.69, 9.17) is 9.47 Å². The number of alkyl carbamates (subject to hydrolysis) is 1. The first-order valence-corrected chi connectivity index (χ1v) is 9.66. The van der Waals surface area contributed by atoms with E-state index in [-0.39, 0.29) is 12.2 Å². The number of cyclic esters (lactones) is 1. The lowest BCUT2D eigenvalue weighted by molar-refractivity contribution is 0.140. The van der Waals surface area contributed by atoms with E-state index in [1.54, 1.807) is 0 Å². The largest absolute Gasteiger partial charge is 0.492 e. The lowest BCUT2D eigenvalue weighted by Gasteiger charge is -2.15. The molecule has 141 valence electrons. The van der Waals surface area contributed by atoms with E-state index in [2.05, 4.69) is 28.4 Å². The van der Waals surface area contributed by atoms with Crippen LogP contribution in [0.15, 0.2) is 42.5 Å². The normalized spacial score (nSPS) is 19.7. The van der Waals surface area contributed by atoms with Gasteiger partial charge < -0.3 is 14.8 Å². The van der Waals surface area contributed by atoms with Gasteiger partial charge in [-0.1, -0.05) is 30.3 Å². The lowest BCUT2D eigenvalue weighted by atomic mass is 9.96. The Kier molecular flexibility index (Phi) is 5.58. The van der Waals surface area contributed by atoms with Crippen molar-refractivity contribution in [1.82, 2.24) is 10.2 Å². The van der Waals surface area contributed by atoms with Crippen LogP contribution in [0.25, 0.3) is 0 Å². The van der Waals surface area contributed by atoms with Crippen LogP contribution in [0, 0.1) is 6.07 Å². The highest BCUT2D eigenvalue weighted by Gasteiger charge is 2.26. The van der Waals surface area contributed by atoms with Gasteiger partial charge in [-0.05, 0) is 67.2 Å². The zero-order valence-corrected chi connectivity index (χ0v) is 15.4. The van der Waals surface area contributed by atoms with Gasteiger partial charge in [0, 0.05) is 6.54 Å². The molecule has 1 amide bonds. The highest BCUT2D eigenvalue weighted by Crippen LogP contribution is 2.26.